The molecule has 1 amide bonds. The number of hydrogen-bond donors (Lipinski definition) is 2. The molecule has 0 atom stereocenters. The highest BCUT2D eigenvalue weighted by Crippen LogP contribution is 2.29. The summed E-state index contributed by atoms with van der Waals surface area (Å²) >= 11 is 12.4. The fourth-order valence-electron chi connectivity index (χ4n) is 4.17. The van der Waals surface area contributed by atoms with Crippen molar-refractivity contribution >= 4 is 56.0 Å². The number of benzene rings is 3. The van der Waals surface area contributed by atoms with Crippen LogP contribution in [0.2, 0.25) is 10.0 Å². The Morgan fingerprint density at radius 2 is 1.62 bits per heavy atom. The van der Waals surface area contributed by atoms with Crippen molar-refractivity contribution < 1.29 is 27.9 Å². The largest absolute Gasteiger partial charge is 0.489 e. The van der Waals surface area contributed by atoms with Gasteiger partial charge in [0.15, 0.2) is 0 Å². The van der Waals surface area contributed by atoms with Crippen molar-refractivity contribution in [3.05, 3.63) is 94.1 Å². The van der Waals surface area contributed by atoms with Gasteiger partial charge in [0.2, 0.25) is 5.91 Å². The standard InChI is InChI=1S/C28H26Cl2N2O6S/c29-23-10-7-11-24(30)22(23)18-38-20-13-14-25-19(16-20)17-26(28(34)35)32(25)15-6-2-5-12-27(33)31-39(36,37)21-8-3-1-4-9-21/h1,3-4,7-11,13-14,16-17H,2,5-6,12,15,18H2,(H,31,33)(H,34,35). The third kappa shape index (κ3) is 7.11. The van der Waals surface area contributed by atoms with E-state index < -0.39 is 21.9 Å². The number of carboxylic acid groups (broad SMARTS) is 1. The number of aromatic nitrogens is 1. The van der Waals surface area contributed by atoms with Gasteiger partial charge in [0.25, 0.3) is 10.0 Å². The molecule has 0 spiro atoms. The molecule has 2 N–H and O–H groups in total. The van der Waals surface area contributed by atoms with E-state index in [4.69, 9.17) is 27.9 Å². The zero-order valence-corrected chi connectivity index (χ0v) is 23.1. The molecule has 0 fully saturated rings. The average molecular weight is 589 g/mol. The van der Waals surface area contributed by atoms with E-state index in [9.17, 15) is 23.1 Å². The molecule has 0 saturated carbocycles. The SMILES string of the molecule is O=C(CCCCCn1c(C(=O)O)cc2cc(OCc3c(Cl)cccc3Cl)ccc21)NS(=O)(=O)c1ccccc1. The Kier molecular flexibility index (Phi) is 9.16. The predicted octanol–water partition coefficient (Wildman–Crippen LogP) is 6.29. The Morgan fingerprint density at radius 1 is 0.897 bits per heavy atom. The lowest BCUT2D eigenvalue weighted by Crippen LogP contribution is -2.30. The number of carbonyl (C=O) groups excluding carboxylic acids is 1. The lowest BCUT2D eigenvalue weighted by Gasteiger charge is -2.11. The van der Waals surface area contributed by atoms with E-state index in [1.807, 2.05) is 0 Å². The molecule has 0 radical (unpaired) electrons. The number of carboxylic acids is 1. The summed E-state index contributed by atoms with van der Waals surface area (Å²) in [6.07, 6.45) is 1.71. The number of unbranched alkanes of at least 4 members (excludes halogenated alkanes) is 2. The van der Waals surface area contributed by atoms with Crippen molar-refractivity contribution in [3.8, 4) is 5.75 Å². The summed E-state index contributed by atoms with van der Waals surface area (Å²) in [6.45, 7) is 0.585. The van der Waals surface area contributed by atoms with Gasteiger partial charge in [-0.1, -0.05) is 53.9 Å². The quantitative estimate of drug-likeness (QED) is 0.188. The number of halogens is 2. The molecule has 0 saturated heterocycles. The Balaban J connectivity index is 1.34. The van der Waals surface area contributed by atoms with Gasteiger partial charge in [0.05, 0.1) is 4.90 Å². The van der Waals surface area contributed by atoms with Crippen LogP contribution in [0.25, 0.3) is 10.9 Å². The van der Waals surface area contributed by atoms with Crippen LogP contribution in [0.1, 0.15) is 41.7 Å². The smallest absolute Gasteiger partial charge is 0.352 e. The van der Waals surface area contributed by atoms with E-state index >= 15 is 0 Å². The van der Waals surface area contributed by atoms with E-state index in [1.54, 1.807) is 65.2 Å². The number of amides is 1. The van der Waals surface area contributed by atoms with Crippen LogP contribution in [-0.2, 0) is 28.0 Å². The van der Waals surface area contributed by atoms with Gasteiger partial charge in [-0.2, -0.15) is 0 Å². The fraction of sp³-hybridized carbons (Fsp3) is 0.214. The van der Waals surface area contributed by atoms with E-state index in [0.29, 0.717) is 52.6 Å². The number of nitrogens with zero attached hydrogens (tertiary/aromatic N) is 1. The van der Waals surface area contributed by atoms with E-state index in [2.05, 4.69) is 4.72 Å². The number of nitrogens with one attached hydrogen (secondary N) is 1. The number of aromatic carboxylic acids is 1. The summed E-state index contributed by atoms with van der Waals surface area (Å²) in [5.74, 6) is -1.09. The van der Waals surface area contributed by atoms with Gasteiger partial charge in [0, 0.05) is 39.5 Å². The first-order chi connectivity index (χ1) is 18.7. The highest BCUT2D eigenvalue weighted by molar-refractivity contribution is 7.90. The third-order valence-corrected chi connectivity index (χ3v) is 8.22. The molecule has 3 aromatic carbocycles. The number of sulfonamides is 1. The summed E-state index contributed by atoms with van der Waals surface area (Å²) in [7, 11) is -3.90. The van der Waals surface area contributed by atoms with E-state index in [0.717, 1.165) is 5.52 Å². The van der Waals surface area contributed by atoms with Crippen LogP contribution in [-0.4, -0.2) is 30.0 Å². The normalized spacial score (nSPS) is 11.4. The number of ether oxygens (including phenoxy) is 1. The zero-order valence-electron chi connectivity index (χ0n) is 20.8. The first-order valence-corrected chi connectivity index (χ1v) is 14.4. The first kappa shape index (κ1) is 28.5. The van der Waals surface area contributed by atoms with E-state index in [-0.39, 0.29) is 23.6 Å². The van der Waals surface area contributed by atoms with Crippen molar-refractivity contribution in [1.82, 2.24) is 9.29 Å². The van der Waals surface area contributed by atoms with Gasteiger partial charge < -0.3 is 14.4 Å². The Hall–Kier alpha value is -3.53. The molecule has 0 unspecified atom stereocenters. The van der Waals surface area contributed by atoms with Gasteiger partial charge in [-0.15, -0.1) is 0 Å². The molecular formula is C28H26Cl2N2O6S. The number of hydrogen-bond acceptors (Lipinski definition) is 5. The minimum absolute atomic E-state index is 0.0280. The Labute approximate surface area is 236 Å². The molecular weight excluding hydrogens is 563 g/mol. The van der Waals surface area contributed by atoms with Crippen LogP contribution >= 0.6 is 23.2 Å². The lowest BCUT2D eigenvalue weighted by molar-refractivity contribution is -0.119. The third-order valence-electron chi connectivity index (χ3n) is 6.12. The summed E-state index contributed by atoms with van der Waals surface area (Å²) in [5, 5.41) is 11.4. The van der Waals surface area contributed by atoms with Crippen molar-refractivity contribution in [2.75, 3.05) is 0 Å². The van der Waals surface area contributed by atoms with Crippen LogP contribution in [0.5, 0.6) is 5.75 Å². The summed E-state index contributed by atoms with van der Waals surface area (Å²) < 4.78 is 34.2. The first-order valence-electron chi connectivity index (χ1n) is 12.2. The molecule has 0 aliphatic carbocycles. The van der Waals surface area contributed by atoms with Crippen molar-refractivity contribution in [2.45, 2.75) is 43.7 Å². The molecule has 4 rings (SSSR count). The summed E-state index contributed by atoms with van der Waals surface area (Å²) in [4.78, 5) is 24.1. The number of aryl methyl sites for hydroxylation is 1. The van der Waals surface area contributed by atoms with Crippen LogP contribution < -0.4 is 9.46 Å². The highest BCUT2D eigenvalue weighted by atomic mass is 35.5. The monoisotopic (exact) mass is 588 g/mol. The minimum atomic E-state index is -3.90. The minimum Gasteiger partial charge on any atom is -0.489 e. The predicted molar refractivity (Wildman–Crippen MR) is 150 cm³/mol. The van der Waals surface area contributed by atoms with Gasteiger partial charge in [-0.25, -0.2) is 17.9 Å². The molecule has 39 heavy (non-hydrogen) atoms. The maximum absolute atomic E-state index is 12.3. The topological polar surface area (TPSA) is 115 Å². The highest BCUT2D eigenvalue weighted by Gasteiger charge is 2.18. The summed E-state index contributed by atoms with van der Waals surface area (Å²) in [5.41, 5.74) is 1.54. The van der Waals surface area contributed by atoms with Crippen LogP contribution in [0, 0.1) is 0 Å². The van der Waals surface area contributed by atoms with Gasteiger partial charge >= 0.3 is 5.97 Å². The number of fused-ring (bicyclic) bond motifs is 1. The maximum atomic E-state index is 12.3. The van der Waals surface area contributed by atoms with Crippen molar-refractivity contribution in [3.63, 3.8) is 0 Å². The molecule has 0 aliphatic rings. The molecule has 0 bridgehead atoms. The lowest BCUT2D eigenvalue weighted by atomic mass is 10.2. The van der Waals surface area contributed by atoms with Crippen molar-refractivity contribution in [1.29, 1.82) is 0 Å². The number of rotatable bonds is 12. The second-order valence-corrected chi connectivity index (χ2v) is 11.3. The Bertz CT molecular complexity index is 1580. The van der Waals surface area contributed by atoms with Gasteiger partial charge in [-0.3, -0.25) is 4.79 Å². The maximum Gasteiger partial charge on any atom is 0.352 e. The summed E-state index contributed by atoms with van der Waals surface area (Å²) in [6, 6.07) is 19.8. The van der Waals surface area contributed by atoms with Gasteiger partial charge in [0.1, 0.15) is 18.1 Å². The molecule has 204 valence electrons. The molecule has 1 heterocycles. The zero-order chi connectivity index (χ0) is 28.0. The molecule has 4 aromatic rings. The number of carbonyl (C=O) groups is 2. The Morgan fingerprint density at radius 3 is 2.31 bits per heavy atom. The second kappa shape index (κ2) is 12.5. The second-order valence-electron chi connectivity index (χ2n) is 8.85. The van der Waals surface area contributed by atoms with Crippen molar-refractivity contribution in [2.24, 2.45) is 0 Å². The molecule has 8 nitrogen and oxygen atoms in total. The molecule has 1 aromatic heterocycles. The van der Waals surface area contributed by atoms with E-state index in [1.165, 1.54) is 12.1 Å². The average Bonchev–Trinajstić information content (AvgIpc) is 3.26. The molecule has 11 heteroatoms. The van der Waals surface area contributed by atoms with Crippen LogP contribution in [0.15, 0.2) is 77.7 Å². The van der Waals surface area contributed by atoms with Crippen LogP contribution in [0.4, 0.5) is 0 Å². The molecule has 0 aliphatic heterocycles. The fourth-order valence-corrected chi connectivity index (χ4v) is 5.72. The van der Waals surface area contributed by atoms with Crippen LogP contribution in [0.3, 0.4) is 0 Å². The van der Waals surface area contributed by atoms with Gasteiger partial charge in [-0.05, 0) is 61.4 Å².